The quantitative estimate of drug-likeness (QED) is 0.763. The number of rotatable bonds is 4. The average Bonchev–Trinajstić information content (AvgIpc) is 2.27. The molecule has 0 aromatic rings. The van der Waals surface area contributed by atoms with Crippen LogP contribution in [0.4, 0.5) is 4.79 Å². The number of amides is 2. The molecule has 0 bridgehead atoms. The molecule has 0 spiro atoms. The van der Waals surface area contributed by atoms with Crippen molar-refractivity contribution in [3.63, 3.8) is 0 Å². The van der Waals surface area contributed by atoms with Crippen molar-refractivity contribution >= 4 is 6.03 Å². The third kappa shape index (κ3) is 3.73. The molecule has 1 rings (SSSR count). The van der Waals surface area contributed by atoms with Gasteiger partial charge in [0, 0.05) is 19.1 Å². The van der Waals surface area contributed by atoms with Gasteiger partial charge in [0.2, 0.25) is 0 Å². The molecule has 0 aromatic carbocycles. The van der Waals surface area contributed by atoms with Crippen LogP contribution in [0.5, 0.6) is 0 Å². The molecule has 15 heavy (non-hydrogen) atoms. The number of carbonyl (C=O) groups is 1. The van der Waals surface area contributed by atoms with Crippen LogP contribution in [0.3, 0.4) is 0 Å². The Hall–Kier alpha value is -0.730. The van der Waals surface area contributed by atoms with E-state index >= 15 is 0 Å². The molecule has 0 aromatic heterocycles. The molecular formula is C12H24N2O. The maximum atomic E-state index is 11.9. The van der Waals surface area contributed by atoms with Gasteiger partial charge in [0.05, 0.1) is 0 Å². The van der Waals surface area contributed by atoms with Crippen LogP contribution in [0.15, 0.2) is 0 Å². The summed E-state index contributed by atoms with van der Waals surface area (Å²) in [6.07, 6.45) is 6.97. The first-order valence-corrected chi connectivity index (χ1v) is 6.34. The Bertz CT molecular complexity index is 192. The maximum absolute atomic E-state index is 11.9. The van der Waals surface area contributed by atoms with Gasteiger partial charge in [-0.25, -0.2) is 4.79 Å². The van der Waals surface area contributed by atoms with Gasteiger partial charge in [0.15, 0.2) is 0 Å². The van der Waals surface area contributed by atoms with Crippen molar-refractivity contribution in [1.29, 1.82) is 0 Å². The second-order valence-corrected chi connectivity index (χ2v) is 4.36. The van der Waals surface area contributed by atoms with Crippen LogP contribution in [0.2, 0.25) is 0 Å². The molecule has 1 N–H and O–H groups in total. The monoisotopic (exact) mass is 212 g/mol. The summed E-state index contributed by atoms with van der Waals surface area (Å²) in [7, 11) is 0. The number of piperidine rings is 1. The number of nitrogens with one attached hydrogen (secondary N) is 1. The van der Waals surface area contributed by atoms with Crippen LogP contribution >= 0.6 is 0 Å². The van der Waals surface area contributed by atoms with Gasteiger partial charge in [-0.1, -0.05) is 20.3 Å². The normalized spacial score (nSPS) is 21.5. The minimum absolute atomic E-state index is 0.148. The van der Waals surface area contributed by atoms with Crippen molar-refractivity contribution in [3.8, 4) is 0 Å². The number of likely N-dealkylation sites (tertiary alicyclic amines) is 1. The molecule has 0 aliphatic carbocycles. The Morgan fingerprint density at radius 1 is 1.33 bits per heavy atom. The van der Waals surface area contributed by atoms with Gasteiger partial charge in [-0.3, -0.25) is 0 Å². The Labute approximate surface area is 93.2 Å². The van der Waals surface area contributed by atoms with Gasteiger partial charge in [0.25, 0.3) is 0 Å². The second-order valence-electron chi connectivity index (χ2n) is 4.36. The Kier molecular flexibility index (Phi) is 5.51. The Balaban J connectivity index is 2.43. The van der Waals surface area contributed by atoms with Crippen LogP contribution in [0.1, 0.15) is 52.4 Å². The molecule has 0 radical (unpaired) electrons. The lowest BCUT2D eigenvalue weighted by Crippen LogP contribution is -2.48. The highest BCUT2D eigenvalue weighted by atomic mass is 16.2. The zero-order valence-electron chi connectivity index (χ0n) is 10.1. The summed E-state index contributed by atoms with van der Waals surface area (Å²) < 4.78 is 0. The molecule has 1 atom stereocenters. The number of hydrogen-bond donors (Lipinski definition) is 1. The summed E-state index contributed by atoms with van der Waals surface area (Å²) in [6.45, 7) is 6.02. The molecule has 1 saturated heterocycles. The third-order valence-electron chi connectivity index (χ3n) is 3.04. The number of carbonyl (C=O) groups excluding carboxylic acids is 1. The predicted molar refractivity (Wildman–Crippen MR) is 62.9 cm³/mol. The molecule has 3 nitrogen and oxygen atoms in total. The fraction of sp³-hybridized carbons (Fsp3) is 0.917. The van der Waals surface area contributed by atoms with Crippen LogP contribution in [-0.2, 0) is 0 Å². The lowest BCUT2D eigenvalue weighted by atomic mass is 9.99. The topological polar surface area (TPSA) is 32.3 Å². The van der Waals surface area contributed by atoms with E-state index in [0.717, 1.165) is 25.9 Å². The summed E-state index contributed by atoms with van der Waals surface area (Å²) in [5, 5.41) is 2.98. The summed E-state index contributed by atoms with van der Waals surface area (Å²) in [5.41, 5.74) is 0. The highest BCUT2D eigenvalue weighted by Crippen LogP contribution is 2.20. The molecule has 88 valence electrons. The van der Waals surface area contributed by atoms with E-state index < -0.39 is 0 Å². The van der Waals surface area contributed by atoms with Crippen molar-refractivity contribution in [2.45, 2.75) is 58.4 Å². The van der Waals surface area contributed by atoms with E-state index in [4.69, 9.17) is 0 Å². The predicted octanol–water partition coefficient (Wildman–Crippen LogP) is 2.76. The number of urea groups is 1. The fourth-order valence-corrected chi connectivity index (χ4v) is 2.23. The highest BCUT2D eigenvalue weighted by molar-refractivity contribution is 5.74. The zero-order chi connectivity index (χ0) is 11.1. The van der Waals surface area contributed by atoms with E-state index in [0.29, 0.717) is 6.04 Å². The summed E-state index contributed by atoms with van der Waals surface area (Å²) in [4.78, 5) is 13.9. The van der Waals surface area contributed by atoms with Gasteiger partial charge in [0.1, 0.15) is 0 Å². The molecule has 1 heterocycles. The van der Waals surface area contributed by atoms with Crippen molar-refractivity contribution in [2.24, 2.45) is 0 Å². The Morgan fingerprint density at radius 2 is 2.13 bits per heavy atom. The summed E-state index contributed by atoms with van der Waals surface area (Å²) in [5.74, 6) is 0. The van der Waals surface area contributed by atoms with E-state index in [1.807, 2.05) is 4.90 Å². The van der Waals surface area contributed by atoms with E-state index in [2.05, 4.69) is 19.2 Å². The first-order chi connectivity index (χ1) is 7.29. The standard InChI is InChI=1S/C12H24N2O/c1-3-7-11-8-5-6-10-14(11)12(15)13-9-4-2/h11H,3-10H2,1-2H3,(H,13,15). The summed E-state index contributed by atoms with van der Waals surface area (Å²) >= 11 is 0. The Morgan fingerprint density at radius 3 is 2.80 bits per heavy atom. The second kappa shape index (κ2) is 6.70. The maximum Gasteiger partial charge on any atom is 0.317 e. The molecule has 1 aliphatic rings. The highest BCUT2D eigenvalue weighted by Gasteiger charge is 2.25. The first-order valence-electron chi connectivity index (χ1n) is 6.34. The van der Waals surface area contributed by atoms with Gasteiger partial charge >= 0.3 is 6.03 Å². The minimum atomic E-state index is 0.148. The molecule has 0 saturated carbocycles. The molecule has 1 fully saturated rings. The summed E-state index contributed by atoms with van der Waals surface area (Å²) in [6, 6.07) is 0.635. The third-order valence-corrected chi connectivity index (χ3v) is 3.04. The average molecular weight is 212 g/mol. The largest absolute Gasteiger partial charge is 0.338 e. The number of hydrogen-bond acceptors (Lipinski definition) is 1. The van der Waals surface area contributed by atoms with Crippen LogP contribution in [0.25, 0.3) is 0 Å². The van der Waals surface area contributed by atoms with Gasteiger partial charge in [-0.2, -0.15) is 0 Å². The lowest BCUT2D eigenvalue weighted by Gasteiger charge is -2.35. The van der Waals surface area contributed by atoms with Crippen LogP contribution in [0, 0.1) is 0 Å². The molecule has 3 heteroatoms. The van der Waals surface area contributed by atoms with E-state index in [9.17, 15) is 4.79 Å². The fourth-order valence-electron chi connectivity index (χ4n) is 2.23. The van der Waals surface area contributed by atoms with Crippen molar-refractivity contribution in [3.05, 3.63) is 0 Å². The van der Waals surface area contributed by atoms with Crippen LogP contribution < -0.4 is 5.32 Å². The van der Waals surface area contributed by atoms with Crippen LogP contribution in [-0.4, -0.2) is 30.1 Å². The van der Waals surface area contributed by atoms with E-state index in [1.165, 1.54) is 25.7 Å². The minimum Gasteiger partial charge on any atom is -0.338 e. The van der Waals surface area contributed by atoms with E-state index in [1.54, 1.807) is 0 Å². The zero-order valence-corrected chi connectivity index (χ0v) is 10.1. The number of nitrogens with zero attached hydrogens (tertiary/aromatic N) is 1. The first kappa shape index (κ1) is 12.3. The van der Waals surface area contributed by atoms with Gasteiger partial charge < -0.3 is 10.2 Å². The molecule has 1 aliphatic heterocycles. The molecular weight excluding hydrogens is 188 g/mol. The van der Waals surface area contributed by atoms with E-state index in [-0.39, 0.29) is 6.03 Å². The lowest BCUT2D eigenvalue weighted by molar-refractivity contribution is 0.146. The SMILES string of the molecule is CCCNC(=O)N1CCCCC1CCC. The molecule has 2 amide bonds. The van der Waals surface area contributed by atoms with Gasteiger partial charge in [-0.05, 0) is 32.1 Å². The van der Waals surface area contributed by atoms with Crippen molar-refractivity contribution in [1.82, 2.24) is 10.2 Å². The van der Waals surface area contributed by atoms with Crippen molar-refractivity contribution < 1.29 is 4.79 Å². The van der Waals surface area contributed by atoms with Gasteiger partial charge in [-0.15, -0.1) is 0 Å². The van der Waals surface area contributed by atoms with Crippen molar-refractivity contribution in [2.75, 3.05) is 13.1 Å². The molecule has 1 unspecified atom stereocenters. The smallest absolute Gasteiger partial charge is 0.317 e.